The van der Waals surface area contributed by atoms with Crippen molar-refractivity contribution in [1.82, 2.24) is 15.1 Å². The number of amides is 1. The molecule has 1 aromatic heterocycles. The van der Waals surface area contributed by atoms with Crippen molar-refractivity contribution in [2.75, 3.05) is 0 Å². The minimum Gasteiger partial charge on any atom is -0.352 e. The molecule has 3 aromatic rings. The second-order valence-corrected chi connectivity index (χ2v) is 5.40. The van der Waals surface area contributed by atoms with E-state index < -0.39 is 35.3 Å². The van der Waals surface area contributed by atoms with E-state index in [0.29, 0.717) is 6.07 Å². The zero-order valence-corrected chi connectivity index (χ0v) is 13.0. The number of aromatic nitrogens is 2. The van der Waals surface area contributed by atoms with Crippen molar-refractivity contribution >= 4 is 5.91 Å². The molecule has 25 heavy (non-hydrogen) atoms. The van der Waals surface area contributed by atoms with Crippen LogP contribution in [0.1, 0.15) is 11.1 Å². The highest BCUT2D eigenvalue weighted by molar-refractivity contribution is 5.78. The Morgan fingerprint density at radius 1 is 1.08 bits per heavy atom. The van der Waals surface area contributed by atoms with Crippen molar-refractivity contribution in [3.8, 4) is 5.69 Å². The standard InChI is InChI=1S/C18H14F3N3O/c19-15-5-6-16(20)18(21)14(15)10-17(25)22-11-12-3-1-4-13(9-12)24-8-2-7-23-24/h1-9H,10-11H2,(H,22,25). The fourth-order valence-electron chi connectivity index (χ4n) is 2.39. The molecule has 0 atom stereocenters. The Morgan fingerprint density at radius 2 is 1.88 bits per heavy atom. The van der Waals surface area contributed by atoms with Gasteiger partial charge >= 0.3 is 0 Å². The summed E-state index contributed by atoms with van der Waals surface area (Å²) < 4.78 is 42.0. The fraction of sp³-hybridized carbons (Fsp3) is 0.111. The summed E-state index contributed by atoms with van der Waals surface area (Å²) in [6.07, 6.45) is 2.86. The maximum Gasteiger partial charge on any atom is 0.224 e. The molecule has 0 bridgehead atoms. The Bertz CT molecular complexity index is 895. The lowest BCUT2D eigenvalue weighted by Crippen LogP contribution is -2.25. The number of carbonyl (C=O) groups is 1. The predicted molar refractivity (Wildman–Crippen MR) is 85.4 cm³/mol. The van der Waals surface area contributed by atoms with E-state index in [9.17, 15) is 18.0 Å². The first kappa shape index (κ1) is 16.8. The molecule has 128 valence electrons. The maximum atomic E-state index is 13.6. The summed E-state index contributed by atoms with van der Waals surface area (Å²) in [7, 11) is 0. The minimum absolute atomic E-state index is 0.173. The molecule has 0 aliphatic rings. The number of rotatable bonds is 5. The number of hydrogen-bond donors (Lipinski definition) is 1. The average Bonchev–Trinajstić information content (AvgIpc) is 3.15. The van der Waals surface area contributed by atoms with Gasteiger partial charge in [-0.2, -0.15) is 5.10 Å². The molecule has 0 fully saturated rings. The van der Waals surface area contributed by atoms with Gasteiger partial charge in [-0.3, -0.25) is 4.79 Å². The number of halogens is 3. The van der Waals surface area contributed by atoms with E-state index >= 15 is 0 Å². The quantitative estimate of drug-likeness (QED) is 0.722. The summed E-state index contributed by atoms with van der Waals surface area (Å²) in [5.74, 6) is -4.07. The van der Waals surface area contributed by atoms with E-state index in [4.69, 9.17) is 0 Å². The minimum atomic E-state index is -1.34. The van der Waals surface area contributed by atoms with Crippen molar-refractivity contribution in [2.45, 2.75) is 13.0 Å². The van der Waals surface area contributed by atoms with Crippen LogP contribution in [0.2, 0.25) is 0 Å². The lowest BCUT2D eigenvalue weighted by molar-refractivity contribution is -0.120. The van der Waals surface area contributed by atoms with Gasteiger partial charge in [0.05, 0.1) is 12.1 Å². The van der Waals surface area contributed by atoms with Crippen molar-refractivity contribution < 1.29 is 18.0 Å². The number of nitrogens with one attached hydrogen (secondary N) is 1. The molecule has 0 aliphatic carbocycles. The Balaban J connectivity index is 1.65. The fourth-order valence-corrected chi connectivity index (χ4v) is 2.39. The van der Waals surface area contributed by atoms with Crippen molar-refractivity contribution in [3.05, 3.63) is 83.4 Å². The van der Waals surface area contributed by atoms with Crippen LogP contribution in [0.25, 0.3) is 5.69 Å². The summed E-state index contributed by atoms with van der Waals surface area (Å²) >= 11 is 0. The highest BCUT2D eigenvalue weighted by atomic mass is 19.2. The van der Waals surface area contributed by atoms with Gasteiger partial charge < -0.3 is 5.32 Å². The van der Waals surface area contributed by atoms with Crippen LogP contribution >= 0.6 is 0 Å². The summed E-state index contributed by atoms with van der Waals surface area (Å²) in [6.45, 7) is 0.173. The van der Waals surface area contributed by atoms with Gasteiger partial charge in [0.15, 0.2) is 11.6 Å². The molecule has 0 unspecified atom stereocenters. The highest BCUT2D eigenvalue weighted by Crippen LogP contribution is 2.16. The van der Waals surface area contributed by atoms with Crippen LogP contribution in [-0.4, -0.2) is 15.7 Å². The largest absolute Gasteiger partial charge is 0.352 e. The van der Waals surface area contributed by atoms with Crippen molar-refractivity contribution in [3.63, 3.8) is 0 Å². The van der Waals surface area contributed by atoms with Gasteiger partial charge in [0, 0.05) is 24.5 Å². The first-order valence-electron chi connectivity index (χ1n) is 7.52. The highest BCUT2D eigenvalue weighted by Gasteiger charge is 2.16. The summed E-state index contributed by atoms with van der Waals surface area (Å²) in [5, 5.41) is 6.69. The Kier molecular flexibility index (Phi) is 4.83. The smallest absolute Gasteiger partial charge is 0.224 e. The van der Waals surface area contributed by atoms with Crippen LogP contribution in [0.4, 0.5) is 13.2 Å². The second kappa shape index (κ2) is 7.21. The van der Waals surface area contributed by atoms with Gasteiger partial charge in [-0.1, -0.05) is 12.1 Å². The predicted octanol–water partition coefficient (Wildman–Crippen LogP) is 3.15. The molecule has 0 saturated carbocycles. The summed E-state index contributed by atoms with van der Waals surface area (Å²) in [6, 6.07) is 10.6. The molecule has 1 heterocycles. The van der Waals surface area contributed by atoms with Crippen LogP contribution in [0.15, 0.2) is 54.9 Å². The van der Waals surface area contributed by atoms with E-state index in [1.807, 2.05) is 18.2 Å². The molecular weight excluding hydrogens is 331 g/mol. The Labute approximate surface area is 141 Å². The van der Waals surface area contributed by atoms with Crippen molar-refractivity contribution in [2.24, 2.45) is 0 Å². The molecule has 4 nitrogen and oxygen atoms in total. The average molecular weight is 345 g/mol. The first-order chi connectivity index (χ1) is 12.0. The van der Waals surface area contributed by atoms with Crippen LogP contribution in [0.3, 0.4) is 0 Å². The lowest BCUT2D eigenvalue weighted by Gasteiger charge is -2.09. The van der Waals surface area contributed by atoms with Gasteiger partial charge in [-0.15, -0.1) is 0 Å². The molecule has 0 aliphatic heterocycles. The van der Waals surface area contributed by atoms with Gasteiger partial charge in [-0.25, -0.2) is 17.9 Å². The topological polar surface area (TPSA) is 46.9 Å². The van der Waals surface area contributed by atoms with E-state index in [1.165, 1.54) is 0 Å². The Morgan fingerprint density at radius 3 is 2.64 bits per heavy atom. The van der Waals surface area contributed by atoms with Crippen LogP contribution < -0.4 is 5.32 Å². The van der Waals surface area contributed by atoms with E-state index in [-0.39, 0.29) is 6.54 Å². The van der Waals surface area contributed by atoms with Gasteiger partial charge in [0.2, 0.25) is 5.91 Å². The van der Waals surface area contributed by atoms with E-state index in [2.05, 4.69) is 10.4 Å². The molecule has 0 radical (unpaired) electrons. The summed E-state index contributed by atoms with van der Waals surface area (Å²) in [5.41, 5.74) is 1.03. The normalized spacial score (nSPS) is 10.7. The van der Waals surface area contributed by atoms with Gasteiger partial charge in [0.1, 0.15) is 5.82 Å². The molecule has 7 heteroatoms. The molecule has 3 rings (SSSR count). The number of carbonyl (C=O) groups excluding carboxylic acids is 1. The molecular formula is C18H14F3N3O. The van der Waals surface area contributed by atoms with Crippen LogP contribution in [-0.2, 0) is 17.8 Å². The number of benzene rings is 2. The zero-order valence-electron chi connectivity index (χ0n) is 13.0. The maximum absolute atomic E-state index is 13.6. The van der Waals surface area contributed by atoms with E-state index in [0.717, 1.165) is 17.3 Å². The van der Waals surface area contributed by atoms with Crippen LogP contribution in [0.5, 0.6) is 0 Å². The molecule has 1 amide bonds. The SMILES string of the molecule is O=C(Cc1c(F)ccc(F)c1F)NCc1cccc(-n2cccn2)c1. The second-order valence-electron chi connectivity index (χ2n) is 5.40. The third kappa shape index (κ3) is 3.88. The van der Waals surface area contributed by atoms with Crippen LogP contribution in [0, 0.1) is 17.5 Å². The summed E-state index contributed by atoms with van der Waals surface area (Å²) in [4.78, 5) is 11.9. The molecule has 1 N–H and O–H groups in total. The third-order valence-corrected chi connectivity index (χ3v) is 3.65. The molecule has 0 spiro atoms. The van der Waals surface area contributed by atoms with Gasteiger partial charge in [0.25, 0.3) is 0 Å². The first-order valence-corrected chi connectivity index (χ1v) is 7.52. The Hall–Kier alpha value is -3.09. The van der Waals surface area contributed by atoms with Crippen molar-refractivity contribution in [1.29, 1.82) is 0 Å². The lowest BCUT2D eigenvalue weighted by atomic mass is 10.1. The number of hydrogen-bond acceptors (Lipinski definition) is 2. The monoisotopic (exact) mass is 345 g/mol. The van der Waals surface area contributed by atoms with E-state index in [1.54, 1.807) is 29.2 Å². The number of nitrogens with zero attached hydrogens (tertiary/aromatic N) is 2. The zero-order chi connectivity index (χ0) is 17.8. The molecule has 2 aromatic carbocycles. The molecule has 0 saturated heterocycles. The third-order valence-electron chi connectivity index (χ3n) is 3.65. The van der Waals surface area contributed by atoms with Gasteiger partial charge in [-0.05, 0) is 35.9 Å².